The standard InChI is InChI=1S/C6H14SeSi/c1-8(2)5-3-4-7-6-8/h3-6H2,1-2H3. The van der Waals surface area contributed by atoms with E-state index in [4.69, 9.17) is 0 Å². The second kappa shape index (κ2) is 2.55. The molecule has 0 saturated carbocycles. The van der Waals surface area contributed by atoms with Crippen molar-refractivity contribution in [1.29, 1.82) is 0 Å². The Hall–Kier alpha value is 0.736. The molecule has 2 heteroatoms. The molecule has 1 aliphatic rings. The van der Waals surface area contributed by atoms with Crippen LogP contribution in [0.25, 0.3) is 0 Å². The van der Waals surface area contributed by atoms with Crippen LogP contribution in [0.5, 0.6) is 0 Å². The van der Waals surface area contributed by atoms with Gasteiger partial charge in [-0.25, -0.2) is 0 Å². The van der Waals surface area contributed by atoms with Crippen LogP contribution in [0.4, 0.5) is 0 Å². The van der Waals surface area contributed by atoms with E-state index in [1.807, 2.05) is 0 Å². The molecule has 0 aliphatic carbocycles. The van der Waals surface area contributed by atoms with Gasteiger partial charge in [0.1, 0.15) is 0 Å². The Morgan fingerprint density at radius 2 is 2.12 bits per heavy atom. The quantitative estimate of drug-likeness (QED) is 0.517. The molecule has 48 valence electrons. The Morgan fingerprint density at radius 3 is 2.38 bits per heavy atom. The number of hydrogen-bond donors (Lipinski definition) is 0. The summed E-state index contributed by atoms with van der Waals surface area (Å²) in [5, 5.41) is 1.57. The molecule has 0 radical (unpaired) electrons. The van der Waals surface area contributed by atoms with Crippen LogP contribution >= 0.6 is 0 Å². The van der Waals surface area contributed by atoms with Crippen molar-refractivity contribution < 1.29 is 0 Å². The van der Waals surface area contributed by atoms with E-state index in [1.165, 1.54) is 0 Å². The normalized spacial score (nSPS) is 27.8. The summed E-state index contributed by atoms with van der Waals surface area (Å²) < 4.78 is 0. The van der Waals surface area contributed by atoms with E-state index in [1.54, 1.807) is 22.7 Å². The van der Waals surface area contributed by atoms with Crippen molar-refractivity contribution in [3.63, 3.8) is 0 Å². The van der Waals surface area contributed by atoms with Gasteiger partial charge >= 0.3 is 58.9 Å². The van der Waals surface area contributed by atoms with Gasteiger partial charge in [0.25, 0.3) is 0 Å². The molecule has 0 N–H and O–H groups in total. The second-order valence-corrected chi connectivity index (χ2v) is 12.0. The molecule has 8 heavy (non-hydrogen) atoms. The average molecular weight is 193 g/mol. The average Bonchev–Trinajstić information content (AvgIpc) is 1.65. The van der Waals surface area contributed by atoms with E-state index in [0.29, 0.717) is 0 Å². The molecule has 0 nitrogen and oxygen atoms in total. The van der Waals surface area contributed by atoms with Gasteiger partial charge in [-0.05, 0) is 0 Å². The monoisotopic (exact) mass is 194 g/mol. The second-order valence-electron chi connectivity index (χ2n) is 3.32. The molecule has 0 aromatic rings. The first kappa shape index (κ1) is 6.85. The zero-order valence-electron chi connectivity index (χ0n) is 5.74. The van der Waals surface area contributed by atoms with Crippen molar-refractivity contribution in [2.24, 2.45) is 0 Å². The van der Waals surface area contributed by atoms with Gasteiger partial charge in [-0.3, -0.25) is 0 Å². The van der Waals surface area contributed by atoms with Gasteiger partial charge in [-0.2, -0.15) is 0 Å². The summed E-state index contributed by atoms with van der Waals surface area (Å²) in [5.74, 6) is 0. The summed E-state index contributed by atoms with van der Waals surface area (Å²) in [6.07, 6.45) is 1.55. The van der Waals surface area contributed by atoms with E-state index in [-0.39, 0.29) is 0 Å². The van der Waals surface area contributed by atoms with Crippen LogP contribution in [0.2, 0.25) is 29.4 Å². The van der Waals surface area contributed by atoms with Crippen LogP contribution in [0, 0.1) is 0 Å². The molecular formula is C6H14SeSi. The SMILES string of the molecule is C[Si]1(C)CCC[Se]C1. The van der Waals surface area contributed by atoms with Gasteiger partial charge in [0, 0.05) is 0 Å². The van der Waals surface area contributed by atoms with E-state index in [9.17, 15) is 0 Å². The summed E-state index contributed by atoms with van der Waals surface area (Å²) in [6.45, 7) is 5.07. The van der Waals surface area contributed by atoms with Crippen molar-refractivity contribution in [1.82, 2.24) is 0 Å². The maximum absolute atomic E-state index is 2.54. The third kappa shape index (κ3) is 1.92. The Kier molecular flexibility index (Phi) is 2.18. The Labute approximate surface area is 59.2 Å². The number of hydrogen-bond acceptors (Lipinski definition) is 0. The molecule has 1 heterocycles. The number of rotatable bonds is 0. The van der Waals surface area contributed by atoms with E-state index >= 15 is 0 Å². The third-order valence-corrected chi connectivity index (χ3v) is 11.7. The fourth-order valence-corrected chi connectivity index (χ4v) is 9.65. The van der Waals surface area contributed by atoms with Gasteiger partial charge in [-0.1, -0.05) is 0 Å². The summed E-state index contributed by atoms with van der Waals surface area (Å²) in [7, 11) is -0.563. The minimum absolute atomic E-state index is 0.563. The van der Waals surface area contributed by atoms with Crippen LogP contribution in [-0.2, 0) is 0 Å². The van der Waals surface area contributed by atoms with Crippen LogP contribution in [0.3, 0.4) is 0 Å². The summed E-state index contributed by atoms with van der Waals surface area (Å²) in [6, 6.07) is 1.61. The van der Waals surface area contributed by atoms with Crippen molar-refractivity contribution >= 4 is 23.0 Å². The summed E-state index contributed by atoms with van der Waals surface area (Å²) in [4.78, 5) is 1.65. The molecule has 0 aromatic heterocycles. The zero-order chi connectivity index (χ0) is 6.04. The van der Waals surface area contributed by atoms with E-state index in [0.717, 1.165) is 15.0 Å². The van der Waals surface area contributed by atoms with Gasteiger partial charge < -0.3 is 0 Å². The molecule has 1 saturated heterocycles. The first-order chi connectivity index (χ1) is 3.71. The molecular weight excluding hydrogens is 179 g/mol. The van der Waals surface area contributed by atoms with Crippen molar-refractivity contribution in [2.75, 3.05) is 0 Å². The van der Waals surface area contributed by atoms with Crippen molar-refractivity contribution in [2.45, 2.75) is 35.8 Å². The molecule has 0 unspecified atom stereocenters. The fourth-order valence-electron chi connectivity index (χ4n) is 1.07. The molecule has 1 aliphatic heterocycles. The predicted octanol–water partition coefficient (Wildman–Crippen LogP) is 2.18. The van der Waals surface area contributed by atoms with Crippen molar-refractivity contribution in [3.05, 3.63) is 0 Å². The Morgan fingerprint density at radius 1 is 1.38 bits per heavy atom. The minimum atomic E-state index is -0.563. The van der Waals surface area contributed by atoms with Gasteiger partial charge in [0.15, 0.2) is 0 Å². The Bertz CT molecular complexity index is 72.6. The fraction of sp³-hybridized carbons (Fsp3) is 1.00. The Balaban J connectivity index is 2.33. The van der Waals surface area contributed by atoms with Crippen LogP contribution < -0.4 is 0 Å². The molecule has 0 spiro atoms. The van der Waals surface area contributed by atoms with E-state index in [2.05, 4.69) is 13.1 Å². The zero-order valence-corrected chi connectivity index (χ0v) is 8.45. The third-order valence-electron chi connectivity index (χ3n) is 1.64. The molecule has 1 fully saturated rings. The molecule has 0 atom stereocenters. The van der Waals surface area contributed by atoms with Crippen LogP contribution in [0.15, 0.2) is 0 Å². The van der Waals surface area contributed by atoms with Gasteiger partial charge in [0.2, 0.25) is 0 Å². The molecule has 1 rings (SSSR count). The predicted molar refractivity (Wildman–Crippen MR) is 42.3 cm³/mol. The van der Waals surface area contributed by atoms with Crippen LogP contribution in [0.1, 0.15) is 6.42 Å². The topological polar surface area (TPSA) is 0 Å². The van der Waals surface area contributed by atoms with Crippen LogP contribution in [-0.4, -0.2) is 23.0 Å². The molecule has 0 bridgehead atoms. The van der Waals surface area contributed by atoms with Gasteiger partial charge in [0.05, 0.1) is 0 Å². The maximum atomic E-state index is 2.54. The van der Waals surface area contributed by atoms with Gasteiger partial charge in [-0.15, -0.1) is 0 Å². The molecule has 0 aromatic carbocycles. The summed E-state index contributed by atoms with van der Waals surface area (Å²) in [5.41, 5.74) is 0. The summed E-state index contributed by atoms with van der Waals surface area (Å²) >= 11 is 1.05. The van der Waals surface area contributed by atoms with Crippen molar-refractivity contribution in [3.8, 4) is 0 Å². The first-order valence-corrected chi connectivity index (χ1v) is 9.12. The molecule has 0 amide bonds. The van der Waals surface area contributed by atoms with E-state index < -0.39 is 8.07 Å². The first-order valence-electron chi connectivity index (χ1n) is 3.28.